The first kappa shape index (κ1) is 19.3. The number of anilines is 1. The Hall–Kier alpha value is -3.98. The summed E-state index contributed by atoms with van der Waals surface area (Å²) < 4.78 is 13.7. The van der Waals surface area contributed by atoms with Crippen molar-refractivity contribution in [3.63, 3.8) is 0 Å². The Balaban J connectivity index is 0.00000218. The second kappa shape index (κ2) is 7.80. The SMILES string of the molecule is C[C@H](Nc1ncnc2nc[nH]c12)c1cc2ccc(F)cc2nc1-c1ccccn1.O. The molecule has 5 aromatic rings. The number of rotatable bonds is 4. The number of nitrogens with zero attached hydrogens (tertiary/aromatic N) is 5. The predicted octanol–water partition coefficient (Wildman–Crippen LogP) is 3.45. The summed E-state index contributed by atoms with van der Waals surface area (Å²) in [5, 5.41) is 4.26. The maximum Gasteiger partial charge on any atom is 0.182 e. The van der Waals surface area contributed by atoms with Gasteiger partial charge in [0, 0.05) is 23.2 Å². The Labute approximate surface area is 170 Å². The number of halogens is 1. The summed E-state index contributed by atoms with van der Waals surface area (Å²) in [7, 11) is 0. The number of imidazole rings is 1. The summed E-state index contributed by atoms with van der Waals surface area (Å²) in [6, 6.07) is 12.1. The molecule has 9 heteroatoms. The van der Waals surface area contributed by atoms with Crippen LogP contribution in [0.4, 0.5) is 10.2 Å². The minimum atomic E-state index is -0.321. The van der Waals surface area contributed by atoms with Crippen LogP contribution in [0.3, 0.4) is 0 Å². The van der Waals surface area contributed by atoms with Crippen molar-refractivity contribution in [2.45, 2.75) is 13.0 Å². The van der Waals surface area contributed by atoms with E-state index in [0.717, 1.165) is 22.2 Å². The van der Waals surface area contributed by atoms with Gasteiger partial charge in [-0.1, -0.05) is 6.07 Å². The average Bonchev–Trinajstić information content (AvgIpc) is 3.23. The van der Waals surface area contributed by atoms with E-state index in [1.807, 2.05) is 31.2 Å². The smallest absolute Gasteiger partial charge is 0.182 e. The van der Waals surface area contributed by atoms with E-state index in [2.05, 4.69) is 30.2 Å². The summed E-state index contributed by atoms with van der Waals surface area (Å²) in [5.74, 6) is 0.324. The first-order valence-electron chi connectivity index (χ1n) is 9.11. The lowest BCUT2D eigenvalue weighted by Gasteiger charge is -2.19. The minimum Gasteiger partial charge on any atom is -0.412 e. The Bertz CT molecular complexity index is 1320. The van der Waals surface area contributed by atoms with Crippen molar-refractivity contribution in [2.24, 2.45) is 0 Å². The number of benzene rings is 1. The molecule has 0 aliphatic rings. The van der Waals surface area contributed by atoms with E-state index >= 15 is 0 Å². The Morgan fingerprint density at radius 1 is 1.03 bits per heavy atom. The molecule has 30 heavy (non-hydrogen) atoms. The maximum atomic E-state index is 13.7. The van der Waals surface area contributed by atoms with Crippen LogP contribution in [0, 0.1) is 5.82 Å². The van der Waals surface area contributed by atoms with Gasteiger partial charge in [0.1, 0.15) is 17.7 Å². The van der Waals surface area contributed by atoms with Gasteiger partial charge in [0.05, 0.1) is 29.3 Å². The molecule has 0 bridgehead atoms. The maximum absolute atomic E-state index is 13.7. The molecule has 1 aromatic carbocycles. The Kier molecular flexibility index (Phi) is 5.03. The van der Waals surface area contributed by atoms with Crippen molar-refractivity contribution in [2.75, 3.05) is 5.32 Å². The monoisotopic (exact) mass is 403 g/mol. The predicted molar refractivity (Wildman–Crippen MR) is 112 cm³/mol. The molecule has 4 aromatic heterocycles. The highest BCUT2D eigenvalue weighted by molar-refractivity contribution is 5.85. The molecule has 5 rings (SSSR count). The fraction of sp³-hybridized carbons (Fsp3) is 0.0952. The molecule has 0 amide bonds. The Morgan fingerprint density at radius 3 is 2.77 bits per heavy atom. The molecular weight excluding hydrogens is 385 g/mol. The zero-order valence-electron chi connectivity index (χ0n) is 16.0. The summed E-state index contributed by atoms with van der Waals surface area (Å²) in [4.78, 5) is 24.9. The minimum absolute atomic E-state index is 0. The number of pyridine rings is 2. The van der Waals surface area contributed by atoms with Crippen molar-refractivity contribution >= 4 is 27.9 Å². The van der Waals surface area contributed by atoms with Crippen molar-refractivity contribution in [3.05, 3.63) is 72.7 Å². The fourth-order valence-electron chi connectivity index (χ4n) is 3.35. The van der Waals surface area contributed by atoms with E-state index in [9.17, 15) is 4.39 Å². The lowest BCUT2D eigenvalue weighted by Crippen LogP contribution is -2.11. The Morgan fingerprint density at radius 2 is 1.93 bits per heavy atom. The van der Waals surface area contributed by atoms with Gasteiger partial charge in [-0.2, -0.15) is 0 Å². The highest BCUT2D eigenvalue weighted by Crippen LogP contribution is 2.31. The summed E-state index contributed by atoms with van der Waals surface area (Å²) in [6.45, 7) is 2.02. The van der Waals surface area contributed by atoms with Gasteiger partial charge >= 0.3 is 0 Å². The van der Waals surface area contributed by atoms with E-state index in [4.69, 9.17) is 4.98 Å². The van der Waals surface area contributed by atoms with Gasteiger partial charge in [0.15, 0.2) is 11.5 Å². The molecule has 4 N–H and O–H groups in total. The van der Waals surface area contributed by atoms with Gasteiger partial charge in [0.2, 0.25) is 0 Å². The van der Waals surface area contributed by atoms with Gasteiger partial charge in [-0.15, -0.1) is 0 Å². The van der Waals surface area contributed by atoms with Gasteiger partial charge in [0.25, 0.3) is 0 Å². The molecule has 0 spiro atoms. The number of H-pyrrole nitrogens is 1. The molecule has 0 radical (unpaired) electrons. The van der Waals surface area contributed by atoms with Gasteiger partial charge in [-0.3, -0.25) is 4.98 Å². The molecule has 0 fully saturated rings. The topological polar surface area (TPSA) is 124 Å². The van der Waals surface area contributed by atoms with E-state index in [1.54, 1.807) is 18.6 Å². The van der Waals surface area contributed by atoms with Gasteiger partial charge < -0.3 is 15.8 Å². The summed E-state index contributed by atoms with van der Waals surface area (Å²) >= 11 is 0. The highest BCUT2D eigenvalue weighted by Gasteiger charge is 2.18. The van der Waals surface area contributed by atoms with E-state index < -0.39 is 0 Å². The largest absolute Gasteiger partial charge is 0.412 e. The van der Waals surface area contributed by atoms with Crippen LogP contribution < -0.4 is 5.32 Å². The quantitative estimate of drug-likeness (QED) is 0.474. The number of hydrogen-bond donors (Lipinski definition) is 2. The second-order valence-corrected chi connectivity index (χ2v) is 6.67. The van der Waals surface area contributed by atoms with Crippen molar-refractivity contribution < 1.29 is 9.87 Å². The third-order valence-electron chi connectivity index (χ3n) is 4.76. The zero-order chi connectivity index (χ0) is 19.8. The van der Waals surface area contributed by atoms with Crippen LogP contribution in [0.5, 0.6) is 0 Å². The first-order valence-corrected chi connectivity index (χ1v) is 9.11. The van der Waals surface area contributed by atoms with Crippen LogP contribution in [0.25, 0.3) is 33.5 Å². The summed E-state index contributed by atoms with van der Waals surface area (Å²) in [5.41, 5.74) is 4.24. The molecule has 0 saturated heterocycles. The van der Waals surface area contributed by atoms with E-state index in [1.165, 1.54) is 18.5 Å². The number of fused-ring (bicyclic) bond motifs is 2. The van der Waals surface area contributed by atoms with Crippen LogP contribution in [0.15, 0.2) is 61.3 Å². The zero-order valence-corrected chi connectivity index (χ0v) is 16.0. The molecular formula is C21H18FN7O. The molecule has 8 nitrogen and oxygen atoms in total. The van der Waals surface area contributed by atoms with Crippen molar-refractivity contribution in [1.82, 2.24) is 29.9 Å². The van der Waals surface area contributed by atoms with E-state index in [0.29, 0.717) is 22.7 Å². The molecule has 150 valence electrons. The first-order chi connectivity index (χ1) is 14.2. The van der Waals surface area contributed by atoms with Crippen LogP contribution in [0.2, 0.25) is 0 Å². The molecule has 0 saturated carbocycles. The van der Waals surface area contributed by atoms with Gasteiger partial charge in [-0.25, -0.2) is 24.3 Å². The molecule has 0 aliphatic carbocycles. The number of hydrogen-bond acceptors (Lipinski definition) is 6. The van der Waals surface area contributed by atoms with Gasteiger partial charge in [-0.05, 0) is 37.3 Å². The second-order valence-electron chi connectivity index (χ2n) is 6.67. The number of aromatic amines is 1. The lowest BCUT2D eigenvalue weighted by atomic mass is 10.0. The molecule has 0 aliphatic heterocycles. The number of aromatic nitrogens is 6. The normalized spacial score (nSPS) is 11.9. The van der Waals surface area contributed by atoms with E-state index in [-0.39, 0.29) is 17.3 Å². The average molecular weight is 403 g/mol. The highest BCUT2D eigenvalue weighted by atomic mass is 19.1. The van der Waals surface area contributed by atoms with Crippen molar-refractivity contribution in [3.8, 4) is 11.4 Å². The van der Waals surface area contributed by atoms with Crippen LogP contribution in [0.1, 0.15) is 18.5 Å². The lowest BCUT2D eigenvalue weighted by molar-refractivity contribution is 0.629. The van der Waals surface area contributed by atoms with Crippen LogP contribution in [-0.2, 0) is 0 Å². The third kappa shape index (κ3) is 3.42. The number of nitrogens with one attached hydrogen (secondary N) is 2. The van der Waals surface area contributed by atoms with Crippen molar-refractivity contribution in [1.29, 1.82) is 0 Å². The molecule has 1 atom stereocenters. The van der Waals surface area contributed by atoms with Crippen LogP contribution >= 0.6 is 0 Å². The molecule has 4 heterocycles. The third-order valence-corrected chi connectivity index (χ3v) is 4.76. The molecule has 0 unspecified atom stereocenters. The van der Waals surface area contributed by atoms with Crippen LogP contribution in [-0.4, -0.2) is 35.4 Å². The summed E-state index contributed by atoms with van der Waals surface area (Å²) in [6.07, 6.45) is 4.77. The fourth-order valence-corrected chi connectivity index (χ4v) is 3.35. The standard InChI is InChI=1S/C21H16FN7.H2O/c1-12(28-21-19-20(25-10-24-19)26-11-27-21)15-8-13-5-6-14(22)9-17(13)29-18(15)16-4-2-3-7-23-16;/h2-12H,1H3,(H2,24,25,26,27,28);1H2/t12-;/m0./s1.